The number of hydrogen-bond donors (Lipinski definition) is 1. The van der Waals surface area contributed by atoms with E-state index in [9.17, 15) is 4.79 Å². The first-order valence-corrected chi connectivity index (χ1v) is 5.88. The zero-order valence-corrected chi connectivity index (χ0v) is 8.72. The quantitative estimate of drug-likeness (QED) is 0.647. The van der Waals surface area contributed by atoms with Crippen LogP contribution in [0.25, 0.3) is 0 Å². The summed E-state index contributed by atoms with van der Waals surface area (Å²) >= 11 is 0. The normalized spacial score (nSPS) is 29.4. The highest BCUT2D eigenvalue weighted by Gasteiger charge is 2.26. The molecule has 0 aromatic carbocycles. The molecule has 0 bridgehead atoms. The van der Waals surface area contributed by atoms with E-state index in [2.05, 4.69) is 5.32 Å². The van der Waals surface area contributed by atoms with E-state index in [0.717, 1.165) is 30.5 Å². The molecule has 0 radical (unpaired) electrons. The van der Waals surface area contributed by atoms with E-state index in [1.165, 1.54) is 38.5 Å². The van der Waals surface area contributed by atoms with Gasteiger partial charge in [-0.05, 0) is 18.3 Å². The molecule has 1 aliphatic heterocycles. The van der Waals surface area contributed by atoms with Gasteiger partial charge in [0.05, 0.1) is 5.70 Å². The van der Waals surface area contributed by atoms with Crippen molar-refractivity contribution in [3.05, 3.63) is 5.70 Å². The van der Waals surface area contributed by atoms with Crippen LogP contribution in [0.1, 0.15) is 44.9 Å². The molecular formula is C12H19NO. The van der Waals surface area contributed by atoms with Crippen molar-refractivity contribution >= 4 is 5.94 Å². The summed E-state index contributed by atoms with van der Waals surface area (Å²) in [6.07, 6.45) is 9.18. The summed E-state index contributed by atoms with van der Waals surface area (Å²) in [6, 6.07) is 0. The second-order valence-corrected chi connectivity index (χ2v) is 4.66. The molecule has 0 spiro atoms. The van der Waals surface area contributed by atoms with Crippen molar-refractivity contribution in [3.8, 4) is 0 Å². The highest BCUT2D eigenvalue weighted by Crippen LogP contribution is 2.35. The fourth-order valence-electron chi connectivity index (χ4n) is 2.93. The van der Waals surface area contributed by atoms with E-state index in [0.29, 0.717) is 0 Å². The summed E-state index contributed by atoms with van der Waals surface area (Å²) in [5.41, 5.74) is 0.812. The topological polar surface area (TPSA) is 29.1 Å². The van der Waals surface area contributed by atoms with Gasteiger partial charge < -0.3 is 5.32 Å². The Kier molecular flexibility index (Phi) is 3.26. The van der Waals surface area contributed by atoms with Crippen LogP contribution >= 0.6 is 0 Å². The van der Waals surface area contributed by atoms with Gasteiger partial charge in [0, 0.05) is 13.0 Å². The maximum Gasteiger partial charge on any atom is 0.145 e. The van der Waals surface area contributed by atoms with Crippen LogP contribution in [-0.2, 0) is 4.79 Å². The smallest absolute Gasteiger partial charge is 0.145 e. The Bertz CT molecular complexity index is 237. The Hall–Kier alpha value is -0.750. The highest BCUT2D eigenvalue weighted by atomic mass is 16.1. The highest BCUT2D eigenvalue weighted by molar-refractivity contribution is 5.51. The number of piperidine rings is 1. The fourth-order valence-corrected chi connectivity index (χ4v) is 2.93. The molecule has 1 unspecified atom stereocenters. The van der Waals surface area contributed by atoms with Gasteiger partial charge in [-0.25, -0.2) is 4.79 Å². The average Bonchev–Trinajstić information content (AvgIpc) is 2.30. The Morgan fingerprint density at radius 3 is 2.57 bits per heavy atom. The SMILES string of the molecule is O=C=C1CC(C2CCCCC2)CCN1. The molecule has 2 aliphatic rings. The molecule has 2 fully saturated rings. The average molecular weight is 193 g/mol. The molecule has 1 N–H and O–H groups in total. The van der Waals surface area contributed by atoms with E-state index < -0.39 is 0 Å². The number of carbonyl (C=O) groups excluding carboxylic acids is 1. The van der Waals surface area contributed by atoms with Crippen LogP contribution in [0.15, 0.2) is 5.70 Å². The largest absolute Gasteiger partial charge is 0.379 e. The van der Waals surface area contributed by atoms with Crippen LogP contribution in [0.5, 0.6) is 0 Å². The summed E-state index contributed by atoms with van der Waals surface area (Å²) in [5.74, 6) is 3.67. The van der Waals surface area contributed by atoms with Gasteiger partial charge in [0.25, 0.3) is 0 Å². The fraction of sp³-hybridized carbons (Fsp3) is 0.833. The van der Waals surface area contributed by atoms with Gasteiger partial charge in [-0.15, -0.1) is 0 Å². The molecule has 0 aromatic rings. The predicted octanol–water partition coefficient (Wildman–Crippen LogP) is 2.28. The van der Waals surface area contributed by atoms with Gasteiger partial charge in [-0.3, -0.25) is 0 Å². The van der Waals surface area contributed by atoms with Gasteiger partial charge in [0.2, 0.25) is 0 Å². The minimum absolute atomic E-state index is 0.757. The number of hydrogen-bond acceptors (Lipinski definition) is 2. The van der Waals surface area contributed by atoms with Gasteiger partial charge >= 0.3 is 0 Å². The lowest BCUT2D eigenvalue weighted by Gasteiger charge is -2.33. The second-order valence-electron chi connectivity index (χ2n) is 4.66. The zero-order chi connectivity index (χ0) is 9.80. The van der Waals surface area contributed by atoms with Crippen molar-refractivity contribution in [1.82, 2.24) is 5.32 Å². The molecule has 1 atom stereocenters. The van der Waals surface area contributed by atoms with Crippen LogP contribution in [-0.4, -0.2) is 12.5 Å². The van der Waals surface area contributed by atoms with Gasteiger partial charge in [0.15, 0.2) is 0 Å². The van der Waals surface area contributed by atoms with E-state index in [1.807, 2.05) is 5.94 Å². The molecule has 14 heavy (non-hydrogen) atoms. The van der Waals surface area contributed by atoms with Crippen molar-refractivity contribution in [2.24, 2.45) is 11.8 Å². The maximum atomic E-state index is 10.6. The minimum Gasteiger partial charge on any atom is -0.379 e. The Morgan fingerprint density at radius 1 is 1.07 bits per heavy atom. The Balaban J connectivity index is 1.92. The summed E-state index contributed by atoms with van der Waals surface area (Å²) in [7, 11) is 0. The van der Waals surface area contributed by atoms with Crippen molar-refractivity contribution in [2.75, 3.05) is 6.54 Å². The van der Waals surface area contributed by atoms with Gasteiger partial charge in [-0.2, -0.15) is 0 Å². The molecule has 78 valence electrons. The third-order valence-corrected chi connectivity index (χ3v) is 3.76. The number of allylic oxidation sites excluding steroid dienone is 1. The Morgan fingerprint density at radius 2 is 1.86 bits per heavy atom. The molecule has 1 saturated heterocycles. The molecule has 0 amide bonds. The number of nitrogens with one attached hydrogen (secondary N) is 1. The third-order valence-electron chi connectivity index (χ3n) is 3.76. The second kappa shape index (κ2) is 4.65. The molecule has 2 heteroatoms. The van der Waals surface area contributed by atoms with E-state index in [1.54, 1.807) is 0 Å². The molecule has 1 heterocycles. The monoisotopic (exact) mass is 193 g/mol. The molecular weight excluding hydrogens is 174 g/mol. The van der Waals surface area contributed by atoms with Crippen molar-refractivity contribution in [1.29, 1.82) is 0 Å². The lowest BCUT2D eigenvalue weighted by molar-refractivity contribution is 0.219. The standard InChI is InChI=1S/C12H19NO/c14-9-12-8-11(6-7-13-12)10-4-2-1-3-5-10/h10-11,13H,1-8H2. The predicted molar refractivity (Wildman–Crippen MR) is 56.5 cm³/mol. The van der Waals surface area contributed by atoms with Crippen LogP contribution in [0.3, 0.4) is 0 Å². The van der Waals surface area contributed by atoms with Crippen molar-refractivity contribution in [2.45, 2.75) is 44.9 Å². The molecule has 2 nitrogen and oxygen atoms in total. The minimum atomic E-state index is 0.757. The lowest BCUT2D eigenvalue weighted by Crippen LogP contribution is -2.31. The first kappa shape index (κ1) is 9.79. The van der Waals surface area contributed by atoms with Crippen molar-refractivity contribution < 1.29 is 4.79 Å². The van der Waals surface area contributed by atoms with Crippen LogP contribution < -0.4 is 5.32 Å². The van der Waals surface area contributed by atoms with Crippen molar-refractivity contribution in [3.63, 3.8) is 0 Å². The van der Waals surface area contributed by atoms with Crippen LogP contribution in [0.2, 0.25) is 0 Å². The van der Waals surface area contributed by atoms with E-state index >= 15 is 0 Å². The molecule has 1 aliphatic carbocycles. The van der Waals surface area contributed by atoms with Gasteiger partial charge in [0.1, 0.15) is 5.94 Å². The number of rotatable bonds is 1. The van der Waals surface area contributed by atoms with E-state index in [4.69, 9.17) is 0 Å². The summed E-state index contributed by atoms with van der Waals surface area (Å²) in [4.78, 5) is 10.6. The van der Waals surface area contributed by atoms with Gasteiger partial charge in [-0.1, -0.05) is 32.1 Å². The van der Waals surface area contributed by atoms with E-state index in [-0.39, 0.29) is 0 Å². The molecule has 1 saturated carbocycles. The third kappa shape index (κ3) is 2.19. The first-order valence-electron chi connectivity index (χ1n) is 5.88. The first-order chi connectivity index (χ1) is 6.90. The molecule has 2 rings (SSSR count). The summed E-state index contributed by atoms with van der Waals surface area (Å²) < 4.78 is 0. The molecule has 0 aromatic heterocycles. The van der Waals surface area contributed by atoms with Crippen LogP contribution in [0.4, 0.5) is 0 Å². The van der Waals surface area contributed by atoms with Crippen LogP contribution in [0, 0.1) is 11.8 Å². The Labute approximate surface area is 85.8 Å². The lowest BCUT2D eigenvalue weighted by atomic mass is 9.75. The zero-order valence-electron chi connectivity index (χ0n) is 8.72. The summed E-state index contributed by atoms with van der Waals surface area (Å²) in [6.45, 7) is 0.978. The maximum absolute atomic E-state index is 10.6. The summed E-state index contributed by atoms with van der Waals surface area (Å²) in [5, 5.41) is 3.13.